The van der Waals surface area contributed by atoms with Gasteiger partial charge in [0, 0.05) is 0 Å². The van der Waals surface area contributed by atoms with Crippen LogP contribution < -0.4 is 4.46 Å². The van der Waals surface area contributed by atoms with E-state index in [0.717, 1.165) is 0 Å². The molecule has 0 saturated heterocycles. The Morgan fingerprint density at radius 2 is 1.88 bits per heavy atom. The normalized spacial score (nSPS) is 11.8. The molecule has 0 aliphatic rings. The topological polar surface area (TPSA) is 0 Å². The zero-order valence-corrected chi connectivity index (χ0v) is 12.1. The molecule has 0 spiro atoms. The predicted molar refractivity (Wildman–Crippen MR) is 74.3 cm³/mol. The second-order valence-electron chi connectivity index (χ2n) is 3.98. The first-order valence-corrected chi connectivity index (χ1v) is 7.96. The molecular formula is C15H22Se. The van der Waals surface area contributed by atoms with Crippen LogP contribution in [-0.2, 0) is 0 Å². The molecule has 16 heavy (non-hydrogen) atoms. The summed E-state index contributed by atoms with van der Waals surface area (Å²) in [4.78, 5) is 0. The zero-order valence-electron chi connectivity index (χ0n) is 10.4. The first-order valence-electron chi connectivity index (χ1n) is 6.25. The summed E-state index contributed by atoms with van der Waals surface area (Å²) in [6.45, 7) is 4.45. The summed E-state index contributed by atoms with van der Waals surface area (Å²) in [7, 11) is 0. The monoisotopic (exact) mass is 282 g/mol. The van der Waals surface area contributed by atoms with E-state index in [-0.39, 0.29) is 0 Å². The van der Waals surface area contributed by atoms with Crippen molar-refractivity contribution in [2.45, 2.75) is 46.0 Å². The number of benzene rings is 1. The van der Waals surface area contributed by atoms with Gasteiger partial charge in [0.25, 0.3) is 0 Å². The van der Waals surface area contributed by atoms with Crippen LogP contribution in [0.4, 0.5) is 0 Å². The van der Waals surface area contributed by atoms with Gasteiger partial charge in [0.15, 0.2) is 0 Å². The summed E-state index contributed by atoms with van der Waals surface area (Å²) < 4.78 is 3.15. The van der Waals surface area contributed by atoms with Gasteiger partial charge in [-0.15, -0.1) is 0 Å². The quantitative estimate of drug-likeness (QED) is 0.525. The first kappa shape index (κ1) is 13.5. The van der Waals surface area contributed by atoms with Crippen LogP contribution >= 0.6 is 0 Å². The molecule has 0 atom stereocenters. The molecule has 0 aliphatic heterocycles. The van der Waals surface area contributed by atoms with E-state index >= 15 is 0 Å². The number of unbranched alkanes of at least 4 members (excludes halogenated alkanes) is 3. The molecule has 1 heteroatoms. The molecule has 1 aromatic carbocycles. The summed E-state index contributed by atoms with van der Waals surface area (Å²) in [5, 5.41) is 0. The molecule has 0 aromatic heterocycles. The molecule has 1 rings (SSSR count). The molecule has 0 N–H and O–H groups in total. The van der Waals surface area contributed by atoms with Crippen molar-refractivity contribution in [1.82, 2.24) is 0 Å². The van der Waals surface area contributed by atoms with Gasteiger partial charge in [0.2, 0.25) is 0 Å². The molecule has 88 valence electrons. The second kappa shape index (κ2) is 8.61. The Bertz CT molecular complexity index is 300. The maximum absolute atomic E-state index is 2.32. The molecule has 0 bridgehead atoms. The minimum atomic E-state index is 0.544. The third kappa shape index (κ3) is 5.53. The summed E-state index contributed by atoms with van der Waals surface area (Å²) in [5.41, 5.74) is 0. The predicted octanol–water partition coefficient (Wildman–Crippen LogP) is 3.89. The molecule has 0 fully saturated rings. The Hall–Kier alpha value is -0.521. The summed E-state index contributed by atoms with van der Waals surface area (Å²) in [6.07, 6.45) is 9.08. The molecule has 0 radical (unpaired) electrons. The van der Waals surface area contributed by atoms with Crippen LogP contribution in [0.25, 0.3) is 0 Å². The van der Waals surface area contributed by atoms with Gasteiger partial charge in [0.1, 0.15) is 0 Å². The third-order valence-electron chi connectivity index (χ3n) is 2.59. The van der Waals surface area contributed by atoms with E-state index in [1.54, 1.807) is 4.47 Å². The van der Waals surface area contributed by atoms with Crippen molar-refractivity contribution in [3.63, 3.8) is 0 Å². The fourth-order valence-corrected chi connectivity index (χ4v) is 3.63. The van der Waals surface area contributed by atoms with Gasteiger partial charge >= 0.3 is 106 Å². The van der Waals surface area contributed by atoms with Crippen LogP contribution in [0.3, 0.4) is 0 Å². The Labute approximate surface area is 106 Å². The molecule has 0 aliphatic carbocycles. The molecule has 0 saturated carbocycles. The van der Waals surface area contributed by atoms with Gasteiger partial charge in [-0.05, 0) is 0 Å². The molecule has 1 aromatic rings. The van der Waals surface area contributed by atoms with Gasteiger partial charge in [0.05, 0.1) is 0 Å². The van der Waals surface area contributed by atoms with Gasteiger partial charge < -0.3 is 0 Å². The molecule has 0 amide bonds. The fourth-order valence-electron chi connectivity index (χ4n) is 1.62. The Kier molecular flexibility index (Phi) is 7.29. The summed E-state index contributed by atoms with van der Waals surface area (Å²) >= 11 is 0.544. The molecular weight excluding hydrogens is 259 g/mol. The van der Waals surface area contributed by atoms with Crippen LogP contribution in [0.15, 0.2) is 40.9 Å². The number of allylic oxidation sites excluding steroid dienone is 2. The first-order chi connectivity index (χ1) is 7.86. The van der Waals surface area contributed by atoms with E-state index in [1.807, 2.05) is 0 Å². The Morgan fingerprint density at radius 3 is 2.50 bits per heavy atom. The van der Waals surface area contributed by atoms with Crippen LogP contribution in [0.1, 0.15) is 46.0 Å². The van der Waals surface area contributed by atoms with Crippen molar-refractivity contribution >= 4 is 19.4 Å². The van der Waals surface area contributed by atoms with Gasteiger partial charge in [-0.25, -0.2) is 0 Å². The average molecular weight is 281 g/mol. The van der Waals surface area contributed by atoms with Crippen molar-refractivity contribution in [2.75, 3.05) is 0 Å². The number of rotatable bonds is 7. The van der Waals surface area contributed by atoms with Crippen molar-refractivity contribution in [3.8, 4) is 0 Å². The standard InChI is InChI=1S/C15H22Se/c1-3-5-6-8-11-14(4-2)16-15-12-9-7-10-13-15/h4,7,9-10,12-13H,3,5-6,8,11H2,1-2H3/b14-4+. The minimum absolute atomic E-state index is 0.544. The Morgan fingerprint density at radius 1 is 1.12 bits per heavy atom. The SMILES string of the molecule is C/C=C(\CCCCCC)[Se]c1ccccc1. The van der Waals surface area contributed by atoms with Crippen molar-refractivity contribution in [1.29, 1.82) is 0 Å². The Balaban J connectivity index is 2.33. The number of hydrogen-bond donors (Lipinski definition) is 0. The summed E-state index contributed by atoms with van der Waals surface area (Å²) in [5.74, 6) is 0. The fraction of sp³-hybridized carbons (Fsp3) is 0.467. The van der Waals surface area contributed by atoms with Crippen molar-refractivity contribution in [3.05, 3.63) is 40.9 Å². The average Bonchev–Trinajstić information content (AvgIpc) is 2.34. The van der Waals surface area contributed by atoms with E-state index in [1.165, 1.54) is 36.6 Å². The molecule has 0 nitrogen and oxygen atoms in total. The van der Waals surface area contributed by atoms with E-state index in [9.17, 15) is 0 Å². The van der Waals surface area contributed by atoms with Crippen LogP contribution in [0, 0.1) is 0 Å². The van der Waals surface area contributed by atoms with E-state index < -0.39 is 0 Å². The van der Waals surface area contributed by atoms with E-state index in [0.29, 0.717) is 15.0 Å². The van der Waals surface area contributed by atoms with Crippen molar-refractivity contribution < 1.29 is 0 Å². The number of hydrogen-bond acceptors (Lipinski definition) is 0. The molecule has 0 heterocycles. The van der Waals surface area contributed by atoms with Crippen LogP contribution in [0.2, 0.25) is 0 Å². The van der Waals surface area contributed by atoms with Crippen LogP contribution in [0.5, 0.6) is 0 Å². The van der Waals surface area contributed by atoms with E-state index in [4.69, 9.17) is 0 Å². The van der Waals surface area contributed by atoms with Gasteiger partial charge in [-0.3, -0.25) is 0 Å². The summed E-state index contributed by atoms with van der Waals surface area (Å²) in [6, 6.07) is 10.9. The van der Waals surface area contributed by atoms with E-state index in [2.05, 4.69) is 50.3 Å². The van der Waals surface area contributed by atoms with Crippen molar-refractivity contribution in [2.24, 2.45) is 0 Å². The third-order valence-corrected chi connectivity index (χ3v) is 5.13. The zero-order chi connectivity index (χ0) is 11.6. The second-order valence-corrected chi connectivity index (χ2v) is 6.50. The van der Waals surface area contributed by atoms with Crippen LogP contribution in [-0.4, -0.2) is 15.0 Å². The van der Waals surface area contributed by atoms with Gasteiger partial charge in [-0.2, -0.15) is 0 Å². The maximum atomic E-state index is 2.32. The molecule has 0 unspecified atom stereocenters. The van der Waals surface area contributed by atoms with Gasteiger partial charge in [-0.1, -0.05) is 0 Å².